The fourth-order valence-electron chi connectivity index (χ4n) is 2.25. The van der Waals surface area contributed by atoms with Gasteiger partial charge in [-0.05, 0) is 39.0 Å². The second kappa shape index (κ2) is 5.83. The van der Waals surface area contributed by atoms with Crippen molar-refractivity contribution in [1.82, 2.24) is 9.36 Å². The van der Waals surface area contributed by atoms with Gasteiger partial charge in [0.05, 0.1) is 11.4 Å². The summed E-state index contributed by atoms with van der Waals surface area (Å²) >= 11 is 0. The van der Waals surface area contributed by atoms with E-state index in [1.165, 1.54) is 13.0 Å². The standard InChI is InChI=1S/C16H19N3O2/c1-11(10-12(2)20)17-15-13(3)18(4)19(16(15)21)14-8-6-5-7-9-14/h5-10,17H,1-4H3. The Hall–Kier alpha value is -2.56. The molecular formula is C16H19N3O2. The van der Waals surface area contributed by atoms with Crippen LogP contribution in [0.3, 0.4) is 0 Å². The Morgan fingerprint density at radius 1 is 1.19 bits per heavy atom. The Morgan fingerprint density at radius 2 is 1.81 bits per heavy atom. The van der Waals surface area contributed by atoms with Gasteiger partial charge in [0.15, 0.2) is 5.78 Å². The van der Waals surface area contributed by atoms with Gasteiger partial charge in [0, 0.05) is 12.7 Å². The number of aromatic nitrogens is 2. The molecule has 21 heavy (non-hydrogen) atoms. The Labute approximate surface area is 123 Å². The Kier molecular flexibility index (Phi) is 4.12. The van der Waals surface area contributed by atoms with Gasteiger partial charge in [0.2, 0.25) is 0 Å². The average molecular weight is 285 g/mol. The first-order valence-corrected chi connectivity index (χ1v) is 6.71. The third kappa shape index (κ3) is 2.97. The molecule has 0 spiro atoms. The summed E-state index contributed by atoms with van der Waals surface area (Å²) in [5.74, 6) is -0.0584. The molecule has 0 aliphatic heterocycles. The molecule has 1 heterocycles. The minimum absolute atomic E-state index is 0.0584. The second-order valence-electron chi connectivity index (χ2n) is 5.00. The van der Waals surface area contributed by atoms with Crippen LogP contribution in [0.5, 0.6) is 0 Å². The van der Waals surface area contributed by atoms with E-state index in [9.17, 15) is 9.59 Å². The van der Waals surface area contributed by atoms with E-state index >= 15 is 0 Å². The smallest absolute Gasteiger partial charge is 0.295 e. The van der Waals surface area contributed by atoms with Crippen LogP contribution in [0.15, 0.2) is 46.9 Å². The number of allylic oxidation sites excluding steroid dienone is 2. The zero-order valence-electron chi connectivity index (χ0n) is 12.7. The highest BCUT2D eigenvalue weighted by atomic mass is 16.1. The van der Waals surface area contributed by atoms with Crippen LogP contribution in [-0.2, 0) is 11.8 Å². The number of ketones is 1. The second-order valence-corrected chi connectivity index (χ2v) is 5.00. The molecule has 0 unspecified atom stereocenters. The lowest BCUT2D eigenvalue weighted by Gasteiger charge is -2.07. The normalized spacial score (nSPS) is 11.5. The maximum absolute atomic E-state index is 12.6. The van der Waals surface area contributed by atoms with Crippen molar-refractivity contribution in [2.45, 2.75) is 20.8 Å². The topological polar surface area (TPSA) is 56.0 Å². The van der Waals surface area contributed by atoms with E-state index in [2.05, 4.69) is 5.32 Å². The van der Waals surface area contributed by atoms with Gasteiger partial charge in [0.25, 0.3) is 5.56 Å². The number of anilines is 1. The molecule has 0 radical (unpaired) electrons. The number of benzene rings is 1. The molecule has 2 rings (SSSR count). The number of hydrogen-bond donors (Lipinski definition) is 1. The van der Waals surface area contributed by atoms with E-state index in [-0.39, 0.29) is 11.3 Å². The first-order chi connectivity index (χ1) is 9.91. The minimum atomic E-state index is -0.141. The number of hydrogen-bond acceptors (Lipinski definition) is 3. The zero-order chi connectivity index (χ0) is 15.6. The predicted molar refractivity (Wildman–Crippen MR) is 83.8 cm³/mol. The van der Waals surface area contributed by atoms with Crippen LogP contribution in [0, 0.1) is 6.92 Å². The number of nitrogens with zero attached hydrogens (tertiary/aromatic N) is 2. The van der Waals surface area contributed by atoms with Gasteiger partial charge in [-0.1, -0.05) is 18.2 Å². The van der Waals surface area contributed by atoms with Gasteiger partial charge < -0.3 is 5.32 Å². The molecule has 0 atom stereocenters. The number of nitrogens with one attached hydrogen (secondary N) is 1. The number of rotatable bonds is 4. The molecule has 0 fully saturated rings. The largest absolute Gasteiger partial charge is 0.353 e. The van der Waals surface area contributed by atoms with Crippen molar-refractivity contribution >= 4 is 11.5 Å². The van der Waals surface area contributed by atoms with Crippen LogP contribution in [0.25, 0.3) is 5.69 Å². The fraction of sp³-hybridized carbons (Fsp3) is 0.250. The molecule has 0 amide bonds. The zero-order valence-corrected chi connectivity index (χ0v) is 12.7. The maximum atomic E-state index is 12.6. The lowest BCUT2D eigenvalue weighted by Crippen LogP contribution is -2.20. The molecule has 0 saturated heterocycles. The summed E-state index contributed by atoms with van der Waals surface area (Å²) in [6.07, 6.45) is 1.47. The van der Waals surface area contributed by atoms with Gasteiger partial charge in [0.1, 0.15) is 5.69 Å². The van der Waals surface area contributed by atoms with Crippen molar-refractivity contribution in [2.24, 2.45) is 7.05 Å². The summed E-state index contributed by atoms with van der Waals surface area (Å²) in [7, 11) is 1.83. The molecule has 0 saturated carbocycles. The minimum Gasteiger partial charge on any atom is -0.353 e. The van der Waals surface area contributed by atoms with Crippen LogP contribution in [0.1, 0.15) is 19.5 Å². The van der Waals surface area contributed by atoms with E-state index in [0.717, 1.165) is 11.4 Å². The van der Waals surface area contributed by atoms with E-state index < -0.39 is 0 Å². The summed E-state index contributed by atoms with van der Waals surface area (Å²) < 4.78 is 3.39. The number of carbonyl (C=O) groups excluding carboxylic acids is 1. The molecule has 5 heteroatoms. The molecule has 0 aliphatic carbocycles. The molecule has 110 valence electrons. The van der Waals surface area contributed by atoms with Crippen molar-refractivity contribution in [1.29, 1.82) is 0 Å². The molecule has 2 aromatic rings. The summed E-state index contributed by atoms with van der Waals surface area (Å²) in [5.41, 5.74) is 2.59. The van der Waals surface area contributed by atoms with Crippen molar-refractivity contribution < 1.29 is 4.79 Å². The van der Waals surface area contributed by atoms with E-state index in [4.69, 9.17) is 0 Å². The molecule has 1 aromatic heterocycles. The fourth-order valence-corrected chi connectivity index (χ4v) is 2.25. The van der Waals surface area contributed by atoms with Gasteiger partial charge in [-0.25, -0.2) is 4.68 Å². The molecular weight excluding hydrogens is 266 g/mol. The van der Waals surface area contributed by atoms with E-state index in [1.807, 2.05) is 44.3 Å². The number of carbonyl (C=O) groups is 1. The highest BCUT2D eigenvalue weighted by Crippen LogP contribution is 2.15. The molecule has 1 aromatic carbocycles. The first-order valence-electron chi connectivity index (χ1n) is 6.71. The van der Waals surface area contributed by atoms with Crippen LogP contribution in [0.4, 0.5) is 5.69 Å². The lowest BCUT2D eigenvalue weighted by atomic mass is 10.3. The summed E-state index contributed by atoms with van der Waals surface area (Å²) in [6, 6.07) is 9.44. The summed E-state index contributed by atoms with van der Waals surface area (Å²) in [5, 5.41) is 3.03. The molecule has 0 aliphatic rings. The Bertz CT molecular complexity index is 752. The Balaban J connectivity index is 2.52. The summed E-state index contributed by atoms with van der Waals surface area (Å²) in [6.45, 7) is 5.11. The van der Waals surface area contributed by atoms with Crippen LogP contribution >= 0.6 is 0 Å². The van der Waals surface area contributed by atoms with Gasteiger partial charge in [-0.15, -0.1) is 0 Å². The highest BCUT2D eigenvalue weighted by molar-refractivity contribution is 5.88. The van der Waals surface area contributed by atoms with Crippen molar-refractivity contribution in [3.8, 4) is 5.69 Å². The van der Waals surface area contributed by atoms with Crippen LogP contribution in [0.2, 0.25) is 0 Å². The molecule has 0 bridgehead atoms. The van der Waals surface area contributed by atoms with Crippen molar-refractivity contribution in [3.05, 3.63) is 58.2 Å². The predicted octanol–water partition coefficient (Wildman–Crippen LogP) is 2.39. The molecule has 1 N–H and O–H groups in total. The Morgan fingerprint density at radius 3 is 2.38 bits per heavy atom. The van der Waals surface area contributed by atoms with Gasteiger partial charge in [-0.2, -0.15) is 0 Å². The third-order valence-corrected chi connectivity index (χ3v) is 3.30. The summed E-state index contributed by atoms with van der Waals surface area (Å²) in [4.78, 5) is 23.7. The molecule has 5 nitrogen and oxygen atoms in total. The highest BCUT2D eigenvalue weighted by Gasteiger charge is 2.15. The third-order valence-electron chi connectivity index (χ3n) is 3.30. The van der Waals surface area contributed by atoms with Crippen LogP contribution in [-0.4, -0.2) is 15.1 Å². The monoisotopic (exact) mass is 285 g/mol. The average Bonchev–Trinajstić information content (AvgIpc) is 2.63. The van der Waals surface area contributed by atoms with E-state index in [0.29, 0.717) is 11.4 Å². The van der Waals surface area contributed by atoms with E-state index in [1.54, 1.807) is 16.3 Å². The SMILES string of the molecule is CC(=O)C=C(C)Nc1c(C)n(C)n(-c2ccccc2)c1=O. The first kappa shape index (κ1) is 14.8. The van der Waals surface area contributed by atoms with Crippen LogP contribution < -0.4 is 10.9 Å². The van der Waals surface area contributed by atoms with Crippen molar-refractivity contribution in [3.63, 3.8) is 0 Å². The maximum Gasteiger partial charge on any atom is 0.295 e. The van der Waals surface area contributed by atoms with Gasteiger partial charge >= 0.3 is 0 Å². The lowest BCUT2D eigenvalue weighted by molar-refractivity contribution is -0.112. The van der Waals surface area contributed by atoms with Crippen molar-refractivity contribution in [2.75, 3.05) is 5.32 Å². The number of para-hydroxylation sites is 1. The van der Waals surface area contributed by atoms with Gasteiger partial charge in [-0.3, -0.25) is 14.3 Å². The quantitative estimate of drug-likeness (QED) is 0.878.